The second-order valence-corrected chi connectivity index (χ2v) is 9.14. The van der Waals surface area contributed by atoms with Crippen molar-refractivity contribution in [1.82, 2.24) is 20.4 Å². The average Bonchev–Trinajstić information content (AvgIpc) is 3.58. The van der Waals surface area contributed by atoms with Crippen LogP contribution in [0, 0.1) is 6.92 Å². The zero-order valence-corrected chi connectivity index (χ0v) is 19.9. The summed E-state index contributed by atoms with van der Waals surface area (Å²) >= 11 is 1.03. The number of anilines is 2. The Balaban J connectivity index is 1.35. The number of hydrogen-bond donors (Lipinski definition) is 4. The molecule has 0 saturated carbocycles. The Hall–Kier alpha value is -4.73. The summed E-state index contributed by atoms with van der Waals surface area (Å²) in [5, 5.41) is 29.8. The predicted molar refractivity (Wildman–Crippen MR) is 124 cm³/mol. The molecule has 3 amide bonds. The van der Waals surface area contributed by atoms with Gasteiger partial charge in [-0.15, -0.1) is 11.3 Å². The summed E-state index contributed by atoms with van der Waals surface area (Å²) in [5.74, 6) is -2.73. The summed E-state index contributed by atoms with van der Waals surface area (Å²) in [6, 6.07) is -0.365. The molecule has 2 saturated heterocycles. The highest BCUT2D eigenvalue weighted by molar-refractivity contribution is 7.13. The molecule has 5 rings (SSSR count). The van der Waals surface area contributed by atoms with Gasteiger partial charge >= 0.3 is 5.97 Å². The van der Waals surface area contributed by atoms with E-state index in [2.05, 4.69) is 20.6 Å². The number of nitrogens with one attached hydrogen (secondary N) is 1. The number of β-lactam (4-membered cyclic amide) rings is 1. The van der Waals surface area contributed by atoms with E-state index in [1.807, 2.05) is 0 Å². The molecule has 2 aromatic heterocycles. The van der Waals surface area contributed by atoms with Gasteiger partial charge in [0.15, 0.2) is 28.1 Å². The molecule has 0 bridgehead atoms. The number of aryl methyl sites for hydroxylation is 1. The van der Waals surface area contributed by atoms with Crippen LogP contribution in [-0.4, -0.2) is 80.0 Å². The summed E-state index contributed by atoms with van der Waals surface area (Å²) in [7, 11) is 0. The Morgan fingerprint density at radius 2 is 2.16 bits per heavy atom. The monoisotopic (exact) mass is 529 g/mol. The number of ether oxygens (including phenoxy) is 1. The average molecular weight is 529 g/mol. The largest absolute Gasteiger partial charge is 0.489 e. The number of thiazole rings is 1. The number of hydrogen-bond acceptors (Lipinski definition) is 12. The molecule has 37 heavy (non-hydrogen) atoms. The number of carbonyl (C=O) groups excluding carboxylic acids is 3. The lowest BCUT2D eigenvalue weighted by atomic mass is 9.92. The topological polar surface area (TPSA) is 214 Å². The van der Waals surface area contributed by atoms with Crippen LogP contribution in [0.2, 0.25) is 0 Å². The number of nitrogen functional groups attached to an aromatic ring is 1. The van der Waals surface area contributed by atoms with E-state index in [1.54, 1.807) is 13.0 Å². The highest BCUT2D eigenvalue weighted by atomic mass is 32.1. The fraction of sp³-hybridized carbons (Fsp3) is 0.286. The van der Waals surface area contributed by atoms with Crippen molar-refractivity contribution in [2.45, 2.75) is 25.4 Å². The van der Waals surface area contributed by atoms with Crippen molar-refractivity contribution in [2.75, 3.05) is 23.8 Å². The minimum atomic E-state index is -1.44. The van der Waals surface area contributed by atoms with Gasteiger partial charge in [-0.05, 0) is 19.4 Å². The van der Waals surface area contributed by atoms with Crippen LogP contribution < -0.4 is 16.0 Å². The first-order valence-corrected chi connectivity index (χ1v) is 11.7. The third kappa shape index (κ3) is 4.06. The first-order chi connectivity index (χ1) is 17.7. The van der Waals surface area contributed by atoms with Crippen LogP contribution in [0.4, 0.5) is 10.9 Å². The Morgan fingerprint density at radius 3 is 2.78 bits per heavy atom. The molecule has 2 atom stereocenters. The van der Waals surface area contributed by atoms with E-state index in [-0.39, 0.29) is 28.8 Å². The quantitative estimate of drug-likeness (QED) is 0.124. The molecule has 3 aliphatic heterocycles. The van der Waals surface area contributed by atoms with Crippen molar-refractivity contribution in [3.63, 3.8) is 0 Å². The van der Waals surface area contributed by atoms with Gasteiger partial charge in [0.2, 0.25) is 0 Å². The van der Waals surface area contributed by atoms with Gasteiger partial charge in [0.1, 0.15) is 30.1 Å². The molecule has 2 aromatic rings. The predicted octanol–water partition coefficient (Wildman–Crippen LogP) is -0.415. The van der Waals surface area contributed by atoms with Crippen molar-refractivity contribution in [3.8, 4) is 0 Å². The summed E-state index contributed by atoms with van der Waals surface area (Å²) in [5.41, 5.74) is 4.93. The molecule has 192 valence electrons. The van der Waals surface area contributed by atoms with Crippen molar-refractivity contribution in [2.24, 2.45) is 5.16 Å². The van der Waals surface area contributed by atoms with E-state index in [9.17, 15) is 29.5 Å². The molecule has 0 aliphatic carbocycles. The van der Waals surface area contributed by atoms with Gasteiger partial charge in [-0.25, -0.2) is 9.78 Å². The second kappa shape index (κ2) is 9.05. The van der Waals surface area contributed by atoms with Crippen LogP contribution in [0.15, 0.2) is 44.2 Å². The Morgan fingerprint density at radius 1 is 1.38 bits per heavy atom. The van der Waals surface area contributed by atoms with Gasteiger partial charge < -0.3 is 30.6 Å². The summed E-state index contributed by atoms with van der Waals surface area (Å²) in [6.07, 6.45) is 1.60. The number of carboxylic acids is 1. The molecule has 5 heterocycles. The number of nitrogens with two attached hydrogens (primary N) is 1. The number of carbonyl (C=O) groups is 4. The molecule has 2 fully saturated rings. The van der Waals surface area contributed by atoms with Crippen LogP contribution in [0.1, 0.15) is 17.9 Å². The first kappa shape index (κ1) is 24.0. The standard InChI is InChI=1S/C21H19N7O8S/c1-8-4-13(26-36-8)27-3-2-9(18(27)30)5-12-16(20(32)33)28-11(6-35-12)15(19(28)31)24-17(29)14(25-34)10-7-37-21(22)23-10/h4-5,7,11,15,34H,2-3,6H2,1H3,(H2,22,23)(H,24,29)(H,32,33)/b9-5+,25-14-/t11-,15+/m1/s1. The summed E-state index contributed by atoms with van der Waals surface area (Å²) in [6.45, 7) is 1.85. The molecule has 0 unspecified atom stereocenters. The fourth-order valence-electron chi connectivity index (χ4n) is 4.25. The number of allylic oxidation sites excluding steroid dienone is 1. The lowest BCUT2D eigenvalue weighted by Gasteiger charge is -2.49. The SMILES string of the molecule is Cc1cc(N2CC/C(=C\C3=C(C(=O)O)N4C(=O)[C@@H](NC(=O)/C(=N\O)c5csc(N)n5)[C@H]4CO3)C2=O)no1. The van der Waals surface area contributed by atoms with Crippen molar-refractivity contribution in [1.29, 1.82) is 0 Å². The van der Waals surface area contributed by atoms with Crippen LogP contribution in [0.3, 0.4) is 0 Å². The highest BCUT2D eigenvalue weighted by Gasteiger charge is 2.55. The number of aliphatic carboxylic acids is 1. The minimum absolute atomic E-state index is 0.0158. The third-order valence-corrected chi connectivity index (χ3v) is 6.67. The van der Waals surface area contributed by atoms with Gasteiger partial charge in [-0.2, -0.15) is 0 Å². The van der Waals surface area contributed by atoms with E-state index in [4.69, 9.17) is 15.0 Å². The zero-order valence-electron chi connectivity index (χ0n) is 19.1. The normalized spacial score (nSPS) is 22.7. The highest BCUT2D eigenvalue weighted by Crippen LogP contribution is 2.35. The number of nitrogens with zero attached hydrogens (tertiary/aromatic N) is 5. The maximum absolute atomic E-state index is 12.9. The van der Waals surface area contributed by atoms with E-state index in [0.717, 1.165) is 16.2 Å². The van der Waals surface area contributed by atoms with Crippen LogP contribution in [0.5, 0.6) is 0 Å². The number of carboxylic acid groups (broad SMARTS) is 1. The molecule has 0 aromatic carbocycles. The molecule has 16 heteroatoms. The molecule has 0 radical (unpaired) electrons. The molecular weight excluding hydrogens is 510 g/mol. The van der Waals surface area contributed by atoms with Crippen molar-refractivity contribution >= 4 is 51.7 Å². The van der Waals surface area contributed by atoms with Gasteiger partial charge in [-0.3, -0.25) is 24.2 Å². The molecule has 15 nitrogen and oxygen atoms in total. The van der Waals surface area contributed by atoms with E-state index >= 15 is 0 Å². The molecule has 5 N–H and O–H groups in total. The van der Waals surface area contributed by atoms with Crippen molar-refractivity contribution < 1.29 is 38.8 Å². The third-order valence-electron chi connectivity index (χ3n) is 5.99. The van der Waals surface area contributed by atoms with E-state index < -0.39 is 47.2 Å². The Bertz CT molecular complexity index is 1420. The fourth-order valence-corrected chi connectivity index (χ4v) is 4.80. The number of amides is 3. The van der Waals surface area contributed by atoms with Crippen LogP contribution in [-0.2, 0) is 23.9 Å². The van der Waals surface area contributed by atoms with Crippen molar-refractivity contribution in [3.05, 3.63) is 46.0 Å². The molecule has 3 aliphatic rings. The smallest absolute Gasteiger partial charge is 0.356 e. The maximum atomic E-state index is 12.9. The Labute approximate surface area is 211 Å². The van der Waals surface area contributed by atoms with E-state index in [1.165, 1.54) is 16.4 Å². The summed E-state index contributed by atoms with van der Waals surface area (Å²) in [4.78, 5) is 56.7. The Kier molecular flexibility index (Phi) is 5.87. The minimum Gasteiger partial charge on any atom is -0.489 e. The zero-order chi connectivity index (χ0) is 26.4. The second-order valence-electron chi connectivity index (χ2n) is 8.25. The van der Waals surface area contributed by atoms with Gasteiger partial charge in [0, 0.05) is 23.6 Å². The summed E-state index contributed by atoms with van der Waals surface area (Å²) < 4.78 is 10.7. The van der Waals surface area contributed by atoms with Gasteiger partial charge in [-0.1, -0.05) is 10.3 Å². The number of fused-ring (bicyclic) bond motifs is 1. The maximum Gasteiger partial charge on any atom is 0.356 e. The van der Waals surface area contributed by atoms with Gasteiger partial charge in [0.25, 0.3) is 17.7 Å². The van der Waals surface area contributed by atoms with E-state index in [0.29, 0.717) is 24.5 Å². The number of aromatic nitrogens is 2. The molecule has 0 spiro atoms. The van der Waals surface area contributed by atoms with Crippen LogP contribution in [0.25, 0.3) is 0 Å². The number of rotatable bonds is 6. The van der Waals surface area contributed by atoms with Gasteiger partial charge in [0.05, 0.1) is 0 Å². The lowest BCUT2D eigenvalue weighted by Crippen LogP contribution is -2.73. The molecular formula is C21H19N7O8S. The van der Waals surface area contributed by atoms with Crippen LogP contribution >= 0.6 is 11.3 Å². The number of oxime groups is 1. The first-order valence-electron chi connectivity index (χ1n) is 10.8. The lowest BCUT2D eigenvalue weighted by molar-refractivity contribution is -0.159.